The number of aliphatic hydroxyl groups excluding tert-OH is 1. The number of hydrogen-bond acceptors (Lipinski definition) is 6. The highest BCUT2D eigenvalue weighted by Gasteiger charge is 2.22. The Morgan fingerprint density at radius 3 is 2.88 bits per heavy atom. The van der Waals surface area contributed by atoms with Gasteiger partial charge in [-0.3, -0.25) is 14.8 Å². The minimum absolute atomic E-state index is 0.230. The van der Waals surface area contributed by atoms with Crippen molar-refractivity contribution in [3.05, 3.63) is 30.2 Å². The predicted octanol–water partition coefficient (Wildman–Crippen LogP) is 0.350. The van der Waals surface area contributed by atoms with Gasteiger partial charge in [-0.15, -0.1) is 0 Å². The van der Waals surface area contributed by atoms with Gasteiger partial charge < -0.3 is 19.3 Å². The number of amides is 1. The molecule has 1 aliphatic rings. The number of piperazine rings is 1. The van der Waals surface area contributed by atoms with Gasteiger partial charge in [0.1, 0.15) is 5.69 Å². The second-order valence-electron chi connectivity index (χ2n) is 6.59. The number of rotatable bonds is 6. The Morgan fingerprint density at radius 1 is 1.44 bits per heavy atom. The number of nitrogens with zero attached hydrogens (tertiary/aromatic N) is 4. The van der Waals surface area contributed by atoms with E-state index in [1.54, 1.807) is 31.5 Å². The quantitative estimate of drug-likeness (QED) is 0.784. The van der Waals surface area contributed by atoms with Gasteiger partial charge >= 0.3 is 0 Å². The number of aromatic nitrogens is 2. The summed E-state index contributed by atoms with van der Waals surface area (Å²) in [5.74, 6) is 0.399. The maximum atomic E-state index is 12.5. The molecule has 25 heavy (non-hydrogen) atoms. The molecule has 0 aliphatic carbocycles. The van der Waals surface area contributed by atoms with E-state index >= 15 is 0 Å². The number of nitrogens with one attached hydrogen (secondary N) is 1. The minimum atomic E-state index is -0.583. The Labute approximate surface area is 147 Å². The summed E-state index contributed by atoms with van der Waals surface area (Å²) in [4.78, 5) is 18.5. The topological polar surface area (TPSA) is 88.8 Å². The molecule has 1 atom stereocenters. The van der Waals surface area contributed by atoms with Gasteiger partial charge in [-0.1, -0.05) is 0 Å². The normalized spacial score (nSPS) is 17.6. The Balaban J connectivity index is 1.52. The zero-order valence-electron chi connectivity index (χ0n) is 14.7. The molecule has 3 heterocycles. The summed E-state index contributed by atoms with van der Waals surface area (Å²) >= 11 is 0. The zero-order valence-corrected chi connectivity index (χ0v) is 14.7. The number of hydrogen-bond donors (Lipinski definition) is 2. The van der Waals surface area contributed by atoms with Crippen LogP contribution in [0, 0.1) is 0 Å². The van der Waals surface area contributed by atoms with Crippen molar-refractivity contribution in [3.8, 4) is 11.5 Å². The Bertz CT molecular complexity index is 676. The van der Waals surface area contributed by atoms with Crippen LogP contribution in [0.15, 0.2) is 28.9 Å². The first-order chi connectivity index (χ1) is 12.0. The van der Waals surface area contributed by atoms with E-state index in [4.69, 9.17) is 4.42 Å². The lowest BCUT2D eigenvalue weighted by atomic mass is 10.2. The number of β-amino-alcohol motifs (C(OH)–C–C–N with tert-alkyl or cyclic N) is 1. The lowest BCUT2D eigenvalue weighted by Crippen LogP contribution is -2.49. The van der Waals surface area contributed by atoms with Gasteiger partial charge in [0, 0.05) is 52.4 Å². The largest absolute Gasteiger partial charge is 0.463 e. The molecule has 0 bridgehead atoms. The summed E-state index contributed by atoms with van der Waals surface area (Å²) in [6, 6.07) is 5.23. The van der Waals surface area contributed by atoms with Crippen LogP contribution in [0.3, 0.4) is 0 Å². The first-order valence-electron chi connectivity index (χ1n) is 8.46. The first-order valence-corrected chi connectivity index (χ1v) is 8.46. The Hall–Kier alpha value is -2.16. The summed E-state index contributed by atoms with van der Waals surface area (Å²) in [5.41, 5.74) is 0.959. The molecule has 2 N–H and O–H groups in total. The molecule has 1 aliphatic heterocycles. The van der Waals surface area contributed by atoms with Crippen LogP contribution >= 0.6 is 0 Å². The number of furan rings is 1. The van der Waals surface area contributed by atoms with Crippen LogP contribution in [0.4, 0.5) is 0 Å². The highest BCUT2D eigenvalue weighted by molar-refractivity contribution is 5.93. The van der Waals surface area contributed by atoms with Crippen molar-refractivity contribution in [2.75, 3.05) is 53.4 Å². The van der Waals surface area contributed by atoms with Crippen molar-refractivity contribution in [1.29, 1.82) is 0 Å². The van der Waals surface area contributed by atoms with Crippen LogP contribution in [-0.2, 0) is 0 Å². The van der Waals surface area contributed by atoms with Crippen molar-refractivity contribution in [3.63, 3.8) is 0 Å². The Morgan fingerprint density at radius 2 is 2.20 bits per heavy atom. The van der Waals surface area contributed by atoms with E-state index in [0.717, 1.165) is 26.2 Å². The monoisotopic (exact) mass is 347 g/mol. The average molecular weight is 347 g/mol. The van der Waals surface area contributed by atoms with Crippen molar-refractivity contribution in [2.24, 2.45) is 0 Å². The van der Waals surface area contributed by atoms with Gasteiger partial charge in [0.2, 0.25) is 0 Å². The molecule has 0 aromatic carbocycles. The minimum Gasteiger partial charge on any atom is -0.463 e. The molecule has 136 valence electrons. The first kappa shape index (κ1) is 17.7. The lowest BCUT2D eigenvalue weighted by Gasteiger charge is -2.34. The molecule has 0 spiro atoms. The molecule has 1 unspecified atom stereocenters. The fraction of sp³-hybridized carbons (Fsp3) is 0.529. The third-order valence-corrected chi connectivity index (χ3v) is 4.48. The number of H-pyrrole nitrogens is 1. The third-order valence-electron chi connectivity index (χ3n) is 4.48. The summed E-state index contributed by atoms with van der Waals surface area (Å²) in [7, 11) is 3.78. The number of aromatic amines is 1. The van der Waals surface area contributed by atoms with Gasteiger partial charge in [0.25, 0.3) is 5.91 Å². The summed E-state index contributed by atoms with van der Waals surface area (Å²) in [5, 5.41) is 17.1. The summed E-state index contributed by atoms with van der Waals surface area (Å²) < 4.78 is 5.28. The molecular weight excluding hydrogens is 322 g/mol. The standard InChI is InChI=1S/C17H25N5O3/c1-20-5-7-22(8-6-20)12-13(23)11-21(2)17(24)15-10-14(18-19-15)16-4-3-9-25-16/h3-4,9-10,13,23H,5-8,11-12H2,1-2H3,(H,18,19). The van der Waals surface area contributed by atoms with E-state index in [2.05, 4.69) is 27.0 Å². The fourth-order valence-corrected chi connectivity index (χ4v) is 2.97. The van der Waals surface area contributed by atoms with Crippen LogP contribution < -0.4 is 0 Å². The summed E-state index contributed by atoms with van der Waals surface area (Å²) in [6.45, 7) is 4.74. The van der Waals surface area contributed by atoms with Crippen LogP contribution in [0.2, 0.25) is 0 Å². The van der Waals surface area contributed by atoms with Crippen LogP contribution in [0.1, 0.15) is 10.5 Å². The van der Waals surface area contributed by atoms with Crippen molar-refractivity contribution < 1.29 is 14.3 Å². The molecule has 0 radical (unpaired) electrons. The molecule has 1 amide bonds. The fourth-order valence-electron chi connectivity index (χ4n) is 2.97. The second-order valence-corrected chi connectivity index (χ2v) is 6.59. The van der Waals surface area contributed by atoms with E-state index in [1.165, 1.54) is 4.90 Å². The van der Waals surface area contributed by atoms with E-state index in [1.807, 2.05) is 0 Å². The van der Waals surface area contributed by atoms with Crippen molar-refractivity contribution >= 4 is 5.91 Å². The van der Waals surface area contributed by atoms with E-state index in [-0.39, 0.29) is 12.5 Å². The van der Waals surface area contributed by atoms with Gasteiger partial charge in [0.15, 0.2) is 11.5 Å². The SMILES string of the molecule is CN1CCN(CC(O)CN(C)C(=O)c2cc(-c3ccco3)[nH]n2)CC1. The molecule has 1 fully saturated rings. The molecule has 2 aromatic rings. The second kappa shape index (κ2) is 7.81. The van der Waals surface area contributed by atoms with E-state index in [0.29, 0.717) is 23.7 Å². The number of carbonyl (C=O) groups excluding carboxylic acids is 1. The highest BCUT2D eigenvalue weighted by Crippen LogP contribution is 2.18. The summed E-state index contributed by atoms with van der Waals surface area (Å²) in [6.07, 6.45) is 0.985. The average Bonchev–Trinajstić information content (AvgIpc) is 3.27. The van der Waals surface area contributed by atoms with Crippen molar-refractivity contribution in [2.45, 2.75) is 6.10 Å². The molecule has 1 saturated heterocycles. The molecule has 3 rings (SSSR count). The molecule has 2 aromatic heterocycles. The van der Waals surface area contributed by atoms with Gasteiger partial charge in [0.05, 0.1) is 12.4 Å². The van der Waals surface area contributed by atoms with Crippen LogP contribution in [-0.4, -0.2) is 95.4 Å². The predicted molar refractivity (Wildman–Crippen MR) is 93.2 cm³/mol. The van der Waals surface area contributed by atoms with Crippen LogP contribution in [0.5, 0.6) is 0 Å². The molecule has 8 heteroatoms. The van der Waals surface area contributed by atoms with Gasteiger partial charge in [-0.2, -0.15) is 5.10 Å². The zero-order chi connectivity index (χ0) is 17.8. The maximum absolute atomic E-state index is 12.5. The molecule has 0 saturated carbocycles. The number of carbonyl (C=O) groups is 1. The maximum Gasteiger partial charge on any atom is 0.274 e. The van der Waals surface area contributed by atoms with Gasteiger partial charge in [-0.25, -0.2) is 0 Å². The van der Waals surface area contributed by atoms with Crippen molar-refractivity contribution in [1.82, 2.24) is 24.9 Å². The smallest absolute Gasteiger partial charge is 0.274 e. The van der Waals surface area contributed by atoms with E-state index < -0.39 is 6.10 Å². The lowest BCUT2D eigenvalue weighted by molar-refractivity contribution is 0.0498. The molecular formula is C17H25N5O3. The molecule has 8 nitrogen and oxygen atoms in total. The third kappa shape index (κ3) is 4.47. The highest BCUT2D eigenvalue weighted by atomic mass is 16.3. The van der Waals surface area contributed by atoms with E-state index in [9.17, 15) is 9.90 Å². The van der Waals surface area contributed by atoms with Crippen LogP contribution in [0.25, 0.3) is 11.5 Å². The number of likely N-dealkylation sites (N-methyl/N-ethyl adjacent to an activating group) is 2. The van der Waals surface area contributed by atoms with Gasteiger partial charge in [-0.05, 0) is 19.2 Å². The Kier molecular flexibility index (Phi) is 5.52. The number of aliphatic hydroxyl groups is 1.